The van der Waals surface area contributed by atoms with Crippen molar-refractivity contribution in [3.8, 4) is 0 Å². The highest BCUT2D eigenvalue weighted by Gasteiger charge is 2.19. The van der Waals surface area contributed by atoms with Crippen molar-refractivity contribution in [2.24, 2.45) is 0 Å². The monoisotopic (exact) mass is 295 g/mol. The summed E-state index contributed by atoms with van der Waals surface area (Å²) in [5.74, 6) is -0.0833. The van der Waals surface area contributed by atoms with E-state index in [0.29, 0.717) is 11.2 Å². The Morgan fingerprint density at radius 1 is 1.45 bits per heavy atom. The Labute approximate surface area is 123 Å². The number of nitrogens with zero attached hydrogens (tertiary/aromatic N) is 3. The Hall–Kier alpha value is -1.66. The van der Waals surface area contributed by atoms with Crippen molar-refractivity contribution in [2.75, 3.05) is 13.1 Å². The zero-order valence-corrected chi connectivity index (χ0v) is 12.1. The van der Waals surface area contributed by atoms with Crippen LogP contribution in [0.4, 0.5) is 0 Å². The van der Waals surface area contributed by atoms with E-state index in [4.69, 9.17) is 0 Å². The number of piperidine rings is 1. The van der Waals surface area contributed by atoms with Crippen molar-refractivity contribution in [3.63, 3.8) is 0 Å². The molecule has 0 atom stereocenters. The first kappa shape index (κ1) is 14.7. The molecule has 0 bridgehead atoms. The van der Waals surface area contributed by atoms with Gasteiger partial charge >= 0.3 is 0 Å². The normalized spacial score (nSPS) is 15.8. The standard InChI is InChI=1S/C13H17N5O.ClH/c1-9-4-7-18-12(16-9)11(8-15-18)13(19)17-10-2-5-14-6-3-10;/h4,7-8,10,14H,2-3,5-6H2,1H3,(H,17,19);1H. The molecule has 7 heteroatoms. The van der Waals surface area contributed by atoms with Gasteiger partial charge in [-0.1, -0.05) is 0 Å². The largest absolute Gasteiger partial charge is 0.349 e. The van der Waals surface area contributed by atoms with Gasteiger partial charge in [0.05, 0.1) is 6.20 Å². The fourth-order valence-corrected chi connectivity index (χ4v) is 2.35. The van der Waals surface area contributed by atoms with Gasteiger partial charge in [-0.2, -0.15) is 5.10 Å². The van der Waals surface area contributed by atoms with E-state index in [2.05, 4.69) is 20.7 Å². The number of nitrogens with one attached hydrogen (secondary N) is 2. The topological polar surface area (TPSA) is 71.3 Å². The second-order valence-electron chi connectivity index (χ2n) is 4.89. The quantitative estimate of drug-likeness (QED) is 0.865. The van der Waals surface area contributed by atoms with E-state index >= 15 is 0 Å². The van der Waals surface area contributed by atoms with Gasteiger partial charge in [-0.05, 0) is 38.9 Å². The zero-order valence-electron chi connectivity index (χ0n) is 11.3. The van der Waals surface area contributed by atoms with Crippen molar-refractivity contribution in [2.45, 2.75) is 25.8 Å². The van der Waals surface area contributed by atoms with Crippen LogP contribution in [0.2, 0.25) is 0 Å². The smallest absolute Gasteiger partial charge is 0.256 e. The third-order valence-electron chi connectivity index (χ3n) is 3.43. The van der Waals surface area contributed by atoms with Gasteiger partial charge in [0.25, 0.3) is 5.91 Å². The maximum absolute atomic E-state index is 12.3. The Morgan fingerprint density at radius 3 is 2.95 bits per heavy atom. The van der Waals surface area contributed by atoms with Crippen molar-refractivity contribution >= 4 is 24.0 Å². The number of carbonyl (C=O) groups excluding carboxylic acids is 1. The minimum Gasteiger partial charge on any atom is -0.349 e. The first-order chi connectivity index (χ1) is 9.24. The lowest BCUT2D eigenvalue weighted by molar-refractivity contribution is 0.0931. The molecular formula is C13H18ClN5O. The highest BCUT2D eigenvalue weighted by molar-refractivity contribution is 5.99. The molecule has 20 heavy (non-hydrogen) atoms. The molecule has 0 spiro atoms. The number of hydrogen-bond donors (Lipinski definition) is 2. The van der Waals surface area contributed by atoms with Crippen LogP contribution in [0, 0.1) is 6.92 Å². The van der Waals surface area contributed by atoms with Crippen LogP contribution < -0.4 is 10.6 Å². The molecule has 1 amide bonds. The zero-order chi connectivity index (χ0) is 13.2. The average molecular weight is 296 g/mol. The Kier molecular flexibility index (Phi) is 4.57. The summed E-state index contributed by atoms with van der Waals surface area (Å²) in [6.07, 6.45) is 5.34. The number of carbonyl (C=O) groups is 1. The number of rotatable bonds is 2. The molecule has 3 rings (SSSR count). The molecule has 0 aliphatic carbocycles. The summed E-state index contributed by atoms with van der Waals surface area (Å²) in [6.45, 7) is 3.82. The maximum Gasteiger partial charge on any atom is 0.256 e. The summed E-state index contributed by atoms with van der Waals surface area (Å²) in [6, 6.07) is 2.11. The van der Waals surface area contributed by atoms with Gasteiger partial charge in [0, 0.05) is 17.9 Å². The van der Waals surface area contributed by atoms with E-state index in [0.717, 1.165) is 31.6 Å². The van der Waals surface area contributed by atoms with Gasteiger partial charge in [-0.3, -0.25) is 4.79 Å². The lowest BCUT2D eigenvalue weighted by Gasteiger charge is -2.23. The molecule has 0 radical (unpaired) electrons. The first-order valence-electron chi connectivity index (χ1n) is 6.56. The molecule has 2 N–H and O–H groups in total. The fourth-order valence-electron chi connectivity index (χ4n) is 2.35. The van der Waals surface area contributed by atoms with Gasteiger partial charge < -0.3 is 10.6 Å². The third-order valence-corrected chi connectivity index (χ3v) is 3.43. The summed E-state index contributed by atoms with van der Waals surface area (Å²) in [4.78, 5) is 16.7. The number of halogens is 1. The molecule has 3 heterocycles. The van der Waals surface area contributed by atoms with E-state index in [9.17, 15) is 4.79 Å². The Bertz CT molecular complexity index is 606. The minimum atomic E-state index is -0.0833. The molecule has 0 saturated carbocycles. The number of amides is 1. The summed E-state index contributed by atoms with van der Waals surface area (Å²) in [7, 11) is 0. The van der Waals surface area contributed by atoms with Crippen molar-refractivity contribution < 1.29 is 4.79 Å². The van der Waals surface area contributed by atoms with Crippen LogP contribution in [0.3, 0.4) is 0 Å². The van der Waals surface area contributed by atoms with Crippen LogP contribution in [0.15, 0.2) is 18.5 Å². The lowest BCUT2D eigenvalue weighted by Crippen LogP contribution is -2.42. The molecule has 0 unspecified atom stereocenters. The van der Waals surface area contributed by atoms with Crippen LogP contribution in [-0.2, 0) is 0 Å². The summed E-state index contributed by atoms with van der Waals surface area (Å²) in [5, 5.41) is 10.5. The third kappa shape index (κ3) is 2.91. The Balaban J connectivity index is 0.00000147. The molecule has 2 aromatic heterocycles. The molecular weight excluding hydrogens is 278 g/mol. The predicted molar refractivity (Wildman–Crippen MR) is 78.3 cm³/mol. The molecule has 1 aliphatic rings. The summed E-state index contributed by atoms with van der Waals surface area (Å²) < 4.78 is 1.63. The predicted octanol–water partition coefficient (Wildman–Crippen LogP) is 0.941. The number of aryl methyl sites for hydroxylation is 1. The van der Waals surface area contributed by atoms with Crippen LogP contribution in [0.5, 0.6) is 0 Å². The molecule has 1 aliphatic heterocycles. The van der Waals surface area contributed by atoms with E-state index in [1.54, 1.807) is 10.7 Å². The fraction of sp³-hybridized carbons (Fsp3) is 0.462. The highest BCUT2D eigenvalue weighted by Crippen LogP contribution is 2.10. The molecule has 108 valence electrons. The van der Waals surface area contributed by atoms with Crippen molar-refractivity contribution in [3.05, 3.63) is 29.7 Å². The molecule has 0 aromatic carbocycles. The van der Waals surface area contributed by atoms with Gasteiger partial charge in [0.2, 0.25) is 0 Å². The van der Waals surface area contributed by atoms with Crippen LogP contribution >= 0.6 is 12.4 Å². The molecule has 2 aromatic rings. The maximum atomic E-state index is 12.3. The molecule has 1 fully saturated rings. The highest BCUT2D eigenvalue weighted by atomic mass is 35.5. The van der Waals surface area contributed by atoms with Crippen LogP contribution in [0.1, 0.15) is 28.9 Å². The molecule has 1 saturated heterocycles. The van der Waals surface area contributed by atoms with Crippen molar-refractivity contribution in [1.82, 2.24) is 25.2 Å². The second kappa shape index (κ2) is 6.19. The first-order valence-corrected chi connectivity index (χ1v) is 6.56. The number of hydrogen-bond acceptors (Lipinski definition) is 4. The number of fused-ring (bicyclic) bond motifs is 1. The average Bonchev–Trinajstić information content (AvgIpc) is 2.82. The Morgan fingerprint density at radius 2 is 2.20 bits per heavy atom. The van der Waals surface area contributed by atoms with Gasteiger partial charge in [-0.25, -0.2) is 9.50 Å². The summed E-state index contributed by atoms with van der Waals surface area (Å²) >= 11 is 0. The molecule has 6 nitrogen and oxygen atoms in total. The van der Waals surface area contributed by atoms with Gasteiger partial charge in [0.15, 0.2) is 5.65 Å². The van der Waals surface area contributed by atoms with Crippen molar-refractivity contribution in [1.29, 1.82) is 0 Å². The van der Waals surface area contributed by atoms with Gasteiger partial charge in [-0.15, -0.1) is 12.4 Å². The SMILES string of the molecule is Cc1ccn2ncc(C(=O)NC3CCNCC3)c2n1.Cl. The van der Waals surface area contributed by atoms with E-state index < -0.39 is 0 Å². The second-order valence-corrected chi connectivity index (χ2v) is 4.89. The lowest BCUT2D eigenvalue weighted by atomic mass is 10.1. The van der Waals surface area contributed by atoms with E-state index in [-0.39, 0.29) is 24.4 Å². The van der Waals surface area contributed by atoms with Gasteiger partial charge in [0.1, 0.15) is 5.56 Å². The number of aromatic nitrogens is 3. The van der Waals surface area contributed by atoms with E-state index in [1.807, 2.05) is 19.2 Å². The van der Waals surface area contributed by atoms with Crippen LogP contribution in [0.25, 0.3) is 5.65 Å². The minimum absolute atomic E-state index is 0. The van der Waals surface area contributed by atoms with E-state index in [1.165, 1.54) is 0 Å². The van der Waals surface area contributed by atoms with Crippen LogP contribution in [-0.4, -0.2) is 39.6 Å². The summed E-state index contributed by atoms with van der Waals surface area (Å²) in [5.41, 5.74) is 2.04.